The Morgan fingerprint density at radius 3 is 2.04 bits per heavy atom. The quantitative estimate of drug-likeness (QED) is 0.377. The minimum absolute atomic E-state index is 0.0508. The van der Waals surface area contributed by atoms with Crippen molar-refractivity contribution in [3.05, 3.63) is 18.2 Å². The van der Waals surface area contributed by atoms with Crippen LogP contribution in [0.3, 0.4) is 0 Å². The highest BCUT2D eigenvalue weighted by atomic mass is 16.7. The van der Waals surface area contributed by atoms with Crippen LogP contribution in [0.2, 0.25) is 0 Å². The molecule has 0 fully saturated rings. The third-order valence-corrected chi connectivity index (χ3v) is 4.84. The largest absolute Gasteiger partial charge is 0.336 e. The van der Waals surface area contributed by atoms with Gasteiger partial charge in [0.1, 0.15) is 6.33 Å². The van der Waals surface area contributed by atoms with E-state index in [9.17, 15) is 4.79 Å². The molecule has 0 aliphatic rings. The van der Waals surface area contributed by atoms with Gasteiger partial charge in [-0.05, 0) is 13.3 Å². The summed E-state index contributed by atoms with van der Waals surface area (Å²) < 4.78 is 1.39. The molecule has 0 radical (unpaired) electrons. The summed E-state index contributed by atoms with van der Waals surface area (Å²) in [5, 5.41) is 0. The fourth-order valence-corrected chi connectivity index (χ4v) is 3.28. The van der Waals surface area contributed by atoms with Crippen molar-refractivity contribution in [2.75, 3.05) is 0 Å². The van der Waals surface area contributed by atoms with Gasteiger partial charge in [-0.3, -0.25) is 0 Å². The molecule has 1 rings (SSSR count). The van der Waals surface area contributed by atoms with Crippen LogP contribution in [0.15, 0.2) is 12.5 Å². The number of nitrogens with two attached hydrogens (primary N) is 1. The van der Waals surface area contributed by atoms with Gasteiger partial charge in [-0.15, -0.1) is 0 Å². The monoisotopic (exact) mass is 379 g/mol. The maximum Gasteiger partial charge on any atom is 0.332 e. The Balaban J connectivity index is 1.90. The summed E-state index contributed by atoms with van der Waals surface area (Å²) in [6.45, 7) is 4.20. The first-order valence-electron chi connectivity index (χ1n) is 11.1. The number of imidazole rings is 1. The van der Waals surface area contributed by atoms with Crippen LogP contribution in [0.25, 0.3) is 0 Å². The van der Waals surface area contributed by atoms with E-state index in [0.717, 1.165) is 18.5 Å². The molecule has 0 spiro atoms. The van der Waals surface area contributed by atoms with Crippen molar-refractivity contribution < 1.29 is 9.63 Å². The van der Waals surface area contributed by atoms with Gasteiger partial charge >= 0.3 is 5.97 Å². The number of hydrogen-bond acceptors (Lipinski definition) is 4. The predicted octanol–water partition coefficient (Wildman–Crippen LogP) is 5.21. The molecule has 0 saturated heterocycles. The summed E-state index contributed by atoms with van der Waals surface area (Å²) >= 11 is 0. The second-order valence-corrected chi connectivity index (χ2v) is 7.86. The minimum Gasteiger partial charge on any atom is -0.336 e. The van der Waals surface area contributed by atoms with E-state index >= 15 is 0 Å². The van der Waals surface area contributed by atoms with Crippen LogP contribution in [0, 0.1) is 0 Å². The molecule has 5 nitrogen and oxygen atoms in total. The standard InChI is InChI=1S/C22H41N3O2/c1-3-4-5-6-7-8-9-10-11-12-13-14-15-16-22(26)27-25-18-21(24-19-25)17-20(2)23/h18-20H,3-17,23H2,1-2H3/t20-/m1/s1. The maximum atomic E-state index is 11.8. The number of unbranched alkanes of at least 4 members (excludes halogenated alkanes) is 12. The van der Waals surface area contributed by atoms with Gasteiger partial charge in [-0.25, -0.2) is 9.78 Å². The lowest BCUT2D eigenvalue weighted by molar-refractivity contribution is -0.144. The Morgan fingerprint density at radius 2 is 1.52 bits per heavy atom. The zero-order valence-electron chi connectivity index (χ0n) is 17.6. The smallest absolute Gasteiger partial charge is 0.332 e. The summed E-state index contributed by atoms with van der Waals surface area (Å²) in [4.78, 5) is 21.3. The molecule has 0 bridgehead atoms. The Kier molecular flexibility index (Phi) is 13.7. The Morgan fingerprint density at radius 1 is 1.00 bits per heavy atom. The Bertz CT molecular complexity index is 486. The van der Waals surface area contributed by atoms with Crippen LogP contribution in [0.4, 0.5) is 0 Å². The number of carbonyl (C=O) groups is 1. The third kappa shape index (κ3) is 13.5. The molecule has 0 saturated carbocycles. The van der Waals surface area contributed by atoms with E-state index in [1.165, 1.54) is 81.7 Å². The van der Waals surface area contributed by atoms with Crippen molar-refractivity contribution in [1.29, 1.82) is 0 Å². The minimum atomic E-state index is -0.192. The first-order valence-corrected chi connectivity index (χ1v) is 11.1. The van der Waals surface area contributed by atoms with Crippen LogP contribution in [-0.4, -0.2) is 21.7 Å². The summed E-state index contributed by atoms with van der Waals surface area (Å²) in [5.74, 6) is -0.192. The summed E-state index contributed by atoms with van der Waals surface area (Å²) in [6, 6.07) is 0.0508. The van der Waals surface area contributed by atoms with Crippen molar-refractivity contribution in [2.24, 2.45) is 5.73 Å². The molecular weight excluding hydrogens is 338 g/mol. The average Bonchev–Trinajstić information content (AvgIpc) is 3.05. The van der Waals surface area contributed by atoms with Crippen LogP contribution in [0.5, 0.6) is 0 Å². The highest BCUT2D eigenvalue weighted by Gasteiger charge is 2.07. The van der Waals surface area contributed by atoms with Crippen LogP contribution < -0.4 is 10.6 Å². The van der Waals surface area contributed by atoms with E-state index in [0.29, 0.717) is 12.8 Å². The number of aromatic nitrogens is 2. The van der Waals surface area contributed by atoms with Crippen LogP contribution >= 0.6 is 0 Å². The van der Waals surface area contributed by atoms with Crippen LogP contribution in [-0.2, 0) is 11.2 Å². The molecule has 2 N–H and O–H groups in total. The highest BCUT2D eigenvalue weighted by molar-refractivity contribution is 5.69. The SMILES string of the molecule is CCCCCCCCCCCCCCCC(=O)On1cnc(C[C@@H](C)N)c1. The van der Waals surface area contributed by atoms with Gasteiger partial charge in [-0.2, -0.15) is 4.73 Å². The van der Waals surface area contributed by atoms with Gasteiger partial charge in [0.05, 0.1) is 11.9 Å². The molecule has 0 aliphatic heterocycles. The number of carbonyl (C=O) groups excluding carboxylic acids is 1. The zero-order chi connectivity index (χ0) is 19.7. The van der Waals surface area contributed by atoms with E-state index < -0.39 is 0 Å². The summed E-state index contributed by atoms with van der Waals surface area (Å²) in [6.07, 6.45) is 21.3. The highest BCUT2D eigenvalue weighted by Crippen LogP contribution is 2.13. The third-order valence-electron chi connectivity index (χ3n) is 4.84. The summed E-state index contributed by atoms with van der Waals surface area (Å²) in [5.41, 5.74) is 6.59. The molecule has 27 heavy (non-hydrogen) atoms. The van der Waals surface area contributed by atoms with Crippen LogP contribution in [0.1, 0.15) is 109 Å². The fourth-order valence-electron chi connectivity index (χ4n) is 3.28. The van der Waals surface area contributed by atoms with E-state index in [1.54, 1.807) is 6.20 Å². The van der Waals surface area contributed by atoms with Gasteiger partial charge in [0.15, 0.2) is 0 Å². The molecule has 1 heterocycles. The number of rotatable bonds is 17. The van der Waals surface area contributed by atoms with E-state index in [2.05, 4.69) is 11.9 Å². The van der Waals surface area contributed by atoms with Crippen molar-refractivity contribution >= 4 is 5.97 Å². The normalized spacial score (nSPS) is 12.3. The molecule has 1 atom stereocenters. The molecule has 0 aromatic carbocycles. The maximum absolute atomic E-state index is 11.8. The van der Waals surface area contributed by atoms with Gasteiger partial charge in [0.25, 0.3) is 0 Å². The van der Waals surface area contributed by atoms with Crippen molar-refractivity contribution in [3.8, 4) is 0 Å². The van der Waals surface area contributed by atoms with Crippen molar-refractivity contribution in [1.82, 2.24) is 9.71 Å². The summed E-state index contributed by atoms with van der Waals surface area (Å²) in [7, 11) is 0. The second kappa shape index (κ2) is 15.7. The molecule has 0 unspecified atom stereocenters. The van der Waals surface area contributed by atoms with Crippen molar-refractivity contribution in [2.45, 2.75) is 116 Å². The molecule has 156 valence electrons. The van der Waals surface area contributed by atoms with Gasteiger partial charge in [0.2, 0.25) is 0 Å². The topological polar surface area (TPSA) is 70.1 Å². The first kappa shape index (κ1) is 23.7. The van der Waals surface area contributed by atoms with E-state index in [1.807, 2.05) is 6.92 Å². The lowest BCUT2D eigenvalue weighted by Crippen LogP contribution is -2.19. The lowest BCUT2D eigenvalue weighted by atomic mass is 10.0. The van der Waals surface area contributed by atoms with Gasteiger partial charge in [0, 0.05) is 18.9 Å². The zero-order valence-corrected chi connectivity index (χ0v) is 17.6. The van der Waals surface area contributed by atoms with Gasteiger partial charge in [-0.1, -0.05) is 84.0 Å². The second-order valence-electron chi connectivity index (χ2n) is 7.86. The Hall–Kier alpha value is -1.36. The lowest BCUT2D eigenvalue weighted by Gasteiger charge is -2.04. The van der Waals surface area contributed by atoms with Gasteiger partial charge < -0.3 is 10.6 Å². The molecule has 1 aromatic heterocycles. The molecule has 0 aliphatic carbocycles. The predicted molar refractivity (Wildman–Crippen MR) is 111 cm³/mol. The first-order chi connectivity index (χ1) is 13.1. The fraction of sp³-hybridized carbons (Fsp3) is 0.818. The molecule has 1 aromatic rings. The van der Waals surface area contributed by atoms with E-state index in [-0.39, 0.29) is 12.0 Å². The van der Waals surface area contributed by atoms with Crippen molar-refractivity contribution in [3.63, 3.8) is 0 Å². The average molecular weight is 380 g/mol. The Labute approximate surface area is 166 Å². The number of nitrogens with zero attached hydrogens (tertiary/aromatic N) is 2. The number of hydrogen-bond donors (Lipinski definition) is 1. The molecular formula is C22H41N3O2. The van der Waals surface area contributed by atoms with E-state index in [4.69, 9.17) is 10.6 Å². The molecule has 0 amide bonds. The molecule has 5 heteroatoms.